The summed E-state index contributed by atoms with van der Waals surface area (Å²) in [7, 11) is -3.46. The lowest BCUT2D eigenvalue weighted by atomic mass is 10.4. The topological polar surface area (TPSA) is 59.1 Å². The van der Waals surface area contributed by atoms with Gasteiger partial charge < -0.3 is 0 Å². The molecule has 1 heterocycles. The highest BCUT2D eigenvalue weighted by atomic mass is 35.5. The SMILES string of the molecule is C/C=C/CCNS(=O)(=O)c1ccc(Cl)nc1. The molecule has 0 amide bonds. The van der Waals surface area contributed by atoms with Gasteiger partial charge in [-0.1, -0.05) is 23.8 Å². The molecule has 0 spiro atoms. The quantitative estimate of drug-likeness (QED) is 0.500. The zero-order valence-corrected chi connectivity index (χ0v) is 10.4. The van der Waals surface area contributed by atoms with Gasteiger partial charge in [-0.05, 0) is 25.5 Å². The molecule has 16 heavy (non-hydrogen) atoms. The van der Waals surface area contributed by atoms with Gasteiger partial charge >= 0.3 is 0 Å². The summed E-state index contributed by atoms with van der Waals surface area (Å²) in [5.41, 5.74) is 0. The van der Waals surface area contributed by atoms with Crippen molar-refractivity contribution >= 4 is 21.6 Å². The summed E-state index contributed by atoms with van der Waals surface area (Å²) < 4.78 is 25.8. The van der Waals surface area contributed by atoms with Crippen LogP contribution in [-0.4, -0.2) is 19.9 Å². The molecule has 1 N–H and O–H groups in total. The van der Waals surface area contributed by atoms with Crippen LogP contribution in [0.5, 0.6) is 0 Å². The number of rotatable bonds is 5. The van der Waals surface area contributed by atoms with Crippen molar-refractivity contribution < 1.29 is 8.42 Å². The van der Waals surface area contributed by atoms with E-state index in [1.165, 1.54) is 18.3 Å². The maximum absolute atomic E-state index is 11.7. The van der Waals surface area contributed by atoms with Crippen LogP contribution >= 0.6 is 11.6 Å². The maximum atomic E-state index is 11.7. The summed E-state index contributed by atoms with van der Waals surface area (Å²) in [5.74, 6) is 0. The molecular formula is C10H13ClN2O2S. The van der Waals surface area contributed by atoms with Crippen molar-refractivity contribution in [2.24, 2.45) is 0 Å². The third-order valence-corrected chi connectivity index (χ3v) is 3.52. The van der Waals surface area contributed by atoms with Crippen molar-refractivity contribution in [2.45, 2.75) is 18.2 Å². The van der Waals surface area contributed by atoms with Crippen molar-refractivity contribution in [1.82, 2.24) is 9.71 Å². The Balaban J connectivity index is 2.67. The predicted octanol–water partition coefficient (Wildman–Crippen LogP) is 1.98. The Labute approximate surface area is 100 Å². The highest BCUT2D eigenvalue weighted by Crippen LogP contribution is 2.10. The van der Waals surface area contributed by atoms with Crippen molar-refractivity contribution in [1.29, 1.82) is 0 Å². The van der Waals surface area contributed by atoms with Crippen LogP contribution in [0.25, 0.3) is 0 Å². The monoisotopic (exact) mass is 260 g/mol. The first-order valence-corrected chi connectivity index (χ1v) is 6.65. The van der Waals surface area contributed by atoms with Gasteiger partial charge in [0.15, 0.2) is 0 Å². The van der Waals surface area contributed by atoms with Crippen LogP contribution in [0, 0.1) is 0 Å². The van der Waals surface area contributed by atoms with Gasteiger partial charge in [-0.2, -0.15) is 0 Å². The molecule has 0 fully saturated rings. The third kappa shape index (κ3) is 3.92. The number of allylic oxidation sites excluding steroid dienone is 1. The minimum Gasteiger partial charge on any atom is -0.243 e. The standard InChI is InChI=1S/C10H13ClN2O2S/c1-2-3-4-7-13-16(14,15)9-5-6-10(11)12-8-9/h2-3,5-6,8,13H,4,7H2,1H3/b3-2+. The van der Waals surface area contributed by atoms with Crippen LogP contribution in [0.2, 0.25) is 5.15 Å². The fourth-order valence-electron chi connectivity index (χ4n) is 1.05. The molecular weight excluding hydrogens is 248 g/mol. The molecule has 4 nitrogen and oxygen atoms in total. The third-order valence-electron chi connectivity index (χ3n) is 1.85. The molecule has 0 unspecified atom stereocenters. The van der Waals surface area contributed by atoms with E-state index in [4.69, 9.17) is 11.6 Å². The molecule has 6 heteroatoms. The molecule has 0 saturated carbocycles. The summed E-state index contributed by atoms with van der Waals surface area (Å²) in [6, 6.07) is 2.87. The minimum absolute atomic E-state index is 0.123. The first kappa shape index (κ1) is 13.2. The summed E-state index contributed by atoms with van der Waals surface area (Å²) >= 11 is 5.57. The predicted molar refractivity (Wildman–Crippen MR) is 63.9 cm³/mol. The lowest BCUT2D eigenvalue weighted by Crippen LogP contribution is -2.24. The van der Waals surface area contributed by atoms with E-state index in [2.05, 4.69) is 9.71 Å². The van der Waals surface area contributed by atoms with Crippen LogP contribution < -0.4 is 4.72 Å². The highest BCUT2D eigenvalue weighted by Gasteiger charge is 2.12. The average Bonchev–Trinajstić information content (AvgIpc) is 2.25. The Morgan fingerprint density at radius 3 is 2.81 bits per heavy atom. The largest absolute Gasteiger partial charge is 0.243 e. The molecule has 1 aromatic heterocycles. The molecule has 0 saturated heterocycles. The Bertz CT molecular complexity index is 454. The summed E-state index contributed by atoms with van der Waals surface area (Å²) in [6.45, 7) is 2.26. The van der Waals surface area contributed by atoms with E-state index in [9.17, 15) is 8.42 Å². The Morgan fingerprint density at radius 2 is 2.25 bits per heavy atom. The first-order valence-electron chi connectivity index (χ1n) is 4.78. The smallest absolute Gasteiger partial charge is 0.242 e. The Morgan fingerprint density at radius 1 is 1.50 bits per heavy atom. The number of hydrogen-bond acceptors (Lipinski definition) is 3. The second-order valence-electron chi connectivity index (χ2n) is 3.07. The molecule has 0 radical (unpaired) electrons. The number of hydrogen-bond donors (Lipinski definition) is 1. The van der Waals surface area contributed by atoms with Crippen LogP contribution in [0.3, 0.4) is 0 Å². The molecule has 0 bridgehead atoms. The molecule has 1 rings (SSSR count). The lowest BCUT2D eigenvalue weighted by molar-refractivity contribution is 0.581. The number of aromatic nitrogens is 1. The van der Waals surface area contributed by atoms with Crippen LogP contribution in [0.1, 0.15) is 13.3 Å². The van der Waals surface area contributed by atoms with Crippen LogP contribution in [0.15, 0.2) is 35.4 Å². The van der Waals surface area contributed by atoms with Gasteiger partial charge in [0.2, 0.25) is 10.0 Å². The number of halogens is 1. The van der Waals surface area contributed by atoms with Crippen LogP contribution in [0.4, 0.5) is 0 Å². The number of nitrogens with zero attached hydrogens (tertiary/aromatic N) is 1. The molecule has 1 aromatic rings. The molecule has 0 aliphatic rings. The zero-order valence-electron chi connectivity index (χ0n) is 8.85. The summed E-state index contributed by atoms with van der Waals surface area (Å²) in [6.07, 6.45) is 5.66. The van der Waals surface area contributed by atoms with Crippen molar-refractivity contribution in [3.63, 3.8) is 0 Å². The van der Waals surface area contributed by atoms with E-state index < -0.39 is 10.0 Å². The van der Waals surface area contributed by atoms with Gasteiger partial charge in [0.25, 0.3) is 0 Å². The molecule has 0 aliphatic heterocycles. The van der Waals surface area contributed by atoms with Gasteiger partial charge in [-0.3, -0.25) is 0 Å². The van der Waals surface area contributed by atoms with E-state index >= 15 is 0 Å². The normalized spacial score (nSPS) is 12.1. The zero-order chi connectivity index (χ0) is 12.0. The lowest BCUT2D eigenvalue weighted by Gasteiger charge is -2.04. The van der Waals surface area contributed by atoms with Gasteiger partial charge in [0.1, 0.15) is 10.0 Å². The number of sulfonamides is 1. The van der Waals surface area contributed by atoms with Crippen molar-refractivity contribution in [3.05, 3.63) is 35.6 Å². The van der Waals surface area contributed by atoms with E-state index in [1.807, 2.05) is 19.1 Å². The van der Waals surface area contributed by atoms with E-state index in [0.29, 0.717) is 13.0 Å². The number of pyridine rings is 1. The van der Waals surface area contributed by atoms with Crippen LogP contribution in [-0.2, 0) is 10.0 Å². The summed E-state index contributed by atoms with van der Waals surface area (Å²) in [4.78, 5) is 3.84. The minimum atomic E-state index is -3.46. The average molecular weight is 261 g/mol. The van der Waals surface area contributed by atoms with Gasteiger partial charge in [0, 0.05) is 12.7 Å². The first-order chi connectivity index (χ1) is 7.56. The second-order valence-corrected chi connectivity index (χ2v) is 5.23. The second kappa shape index (κ2) is 5.98. The Kier molecular flexibility index (Phi) is 4.92. The highest BCUT2D eigenvalue weighted by molar-refractivity contribution is 7.89. The van der Waals surface area contributed by atoms with E-state index in [0.717, 1.165) is 0 Å². The van der Waals surface area contributed by atoms with Crippen molar-refractivity contribution in [2.75, 3.05) is 6.54 Å². The van der Waals surface area contributed by atoms with E-state index in [1.54, 1.807) is 0 Å². The molecule has 0 aromatic carbocycles. The van der Waals surface area contributed by atoms with Crippen molar-refractivity contribution in [3.8, 4) is 0 Å². The number of nitrogens with one attached hydrogen (secondary N) is 1. The maximum Gasteiger partial charge on any atom is 0.242 e. The molecule has 0 aliphatic carbocycles. The van der Waals surface area contributed by atoms with Gasteiger partial charge in [-0.15, -0.1) is 0 Å². The van der Waals surface area contributed by atoms with E-state index in [-0.39, 0.29) is 10.0 Å². The summed E-state index contributed by atoms with van der Waals surface area (Å²) in [5, 5.41) is 0.271. The molecule has 0 atom stereocenters. The fourth-order valence-corrected chi connectivity index (χ4v) is 2.15. The Hall–Kier alpha value is -0.910. The molecule has 88 valence electrons. The van der Waals surface area contributed by atoms with Gasteiger partial charge in [0.05, 0.1) is 0 Å². The van der Waals surface area contributed by atoms with Gasteiger partial charge in [-0.25, -0.2) is 18.1 Å². The fraction of sp³-hybridized carbons (Fsp3) is 0.300.